The van der Waals surface area contributed by atoms with Gasteiger partial charge in [-0.25, -0.2) is 21.6 Å². The molecular weight excluding hydrogens is 372 g/mol. The molecule has 1 aliphatic rings. The molecule has 1 N–H and O–H groups in total. The van der Waals surface area contributed by atoms with Gasteiger partial charge in [0, 0.05) is 24.2 Å². The molecular formula is C15H23ClN2O4S2. The number of nitrogens with one attached hydrogen (secondary N) is 1. The van der Waals surface area contributed by atoms with Crippen molar-refractivity contribution in [1.82, 2.24) is 9.03 Å². The molecule has 9 heteroatoms. The fourth-order valence-electron chi connectivity index (χ4n) is 2.97. The van der Waals surface area contributed by atoms with E-state index in [2.05, 4.69) is 4.72 Å². The summed E-state index contributed by atoms with van der Waals surface area (Å²) in [5.74, 6) is 0. The fraction of sp³-hybridized carbons (Fsp3) is 0.600. The van der Waals surface area contributed by atoms with Crippen LogP contribution in [-0.4, -0.2) is 46.5 Å². The Morgan fingerprint density at radius 1 is 1.21 bits per heavy atom. The zero-order valence-electron chi connectivity index (χ0n) is 13.8. The summed E-state index contributed by atoms with van der Waals surface area (Å²) in [5.41, 5.74) is 0.670. The van der Waals surface area contributed by atoms with E-state index in [0.717, 1.165) is 25.7 Å². The molecule has 0 aromatic heterocycles. The van der Waals surface area contributed by atoms with Gasteiger partial charge in [0.15, 0.2) is 0 Å². The lowest BCUT2D eigenvalue weighted by Gasteiger charge is -2.26. The second-order valence-corrected chi connectivity index (χ2v) is 10.2. The number of rotatable bonds is 7. The van der Waals surface area contributed by atoms with Crippen molar-refractivity contribution in [3.05, 3.63) is 28.8 Å². The number of hydrogen-bond acceptors (Lipinski definition) is 4. The molecule has 1 aromatic rings. The molecule has 0 bridgehead atoms. The molecule has 1 aliphatic carbocycles. The van der Waals surface area contributed by atoms with Gasteiger partial charge in [-0.05, 0) is 43.5 Å². The van der Waals surface area contributed by atoms with Crippen LogP contribution in [-0.2, 0) is 20.0 Å². The quantitative estimate of drug-likeness (QED) is 0.767. The van der Waals surface area contributed by atoms with E-state index >= 15 is 0 Å². The van der Waals surface area contributed by atoms with Gasteiger partial charge >= 0.3 is 0 Å². The summed E-state index contributed by atoms with van der Waals surface area (Å²) < 4.78 is 52.5. The van der Waals surface area contributed by atoms with Crippen LogP contribution in [0.5, 0.6) is 0 Å². The van der Waals surface area contributed by atoms with Gasteiger partial charge in [0.05, 0.1) is 11.2 Å². The van der Waals surface area contributed by atoms with Crippen molar-refractivity contribution in [1.29, 1.82) is 0 Å². The van der Waals surface area contributed by atoms with Crippen LogP contribution in [0.25, 0.3) is 0 Å². The van der Waals surface area contributed by atoms with Crippen LogP contribution in [0.2, 0.25) is 5.02 Å². The summed E-state index contributed by atoms with van der Waals surface area (Å²) in [6.07, 6.45) is 4.84. The number of benzene rings is 1. The van der Waals surface area contributed by atoms with Gasteiger partial charge in [-0.15, -0.1) is 0 Å². The van der Waals surface area contributed by atoms with Crippen molar-refractivity contribution in [3.63, 3.8) is 0 Å². The Balaban J connectivity index is 2.04. The van der Waals surface area contributed by atoms with Gasteiger partial charge in [-0.3, -0.25) is 0 Å². The van der Waals surface area contributed by atoms with Crippen LogP contribution in [0.4, 0.5) is 0 Å². The van der Waals surface area contributed by atoms with Crippen molar-refractivity contribution in [2.45, 2.75) is 43.5 Å². The van der Waals surface area contributed by atoms with E-state index in [0.29, 0.717) is 10.6 Å². The maximum absolute atomic E-state index is 12.3. The van der Waals surface area contributed by atoms with Crippen LogP contribution in [0, 0.1) is 6.92 Å². The SMILES string of the molecule is Cc1cc(S(=O)(=O)NCCN(C2CCCC2)S(C)(=O)=O)ccc1Cl. The van der Waals surface area contributed by atoms with Crippen LogP contribution in [0.3, 0.4) is 0 Å². The maximum Gasteiger partial charge on any atom is 0.240 e. The first-order valence-electron chi connectivity index (χ1n) is 7.84. The standard InChI is InChI=1S/C15H23ClN2O4S2/c1-12-11-14(7-8-15(12)16)24(21,22)17-9-10-18(23(2,19)20)13-5-3-4-6-13/h7-8,11,13,17H,3-6,9-10H2,1-2H3. The Morgan fingerprint density at radius 2 is 1.83 bits per heavy atom. The maximum atomic E-state index is 12.3. The number of sulfonamides is 2. The van der Waals surface area contributed by atoms with Crippen molar-refractivity contribution in [3.8, 4) is 0 Å². The van der Waals surface area contributed by atoms with E-state index in [-0.39, 0.29) is 24.0 Å². The zero-order chi connectivity index (χ0) is 18.0. The lowest BCUT2D eigenvalue weighted by atomic mass is 10.2. The first-order valence-corrected chi connectivity index (χ1v) is 11.5. The Labute approximate surface area is 149 Å². The fourth-order valence-corrected chi connectivity index (χ4v) is 5.37. The minimum absolute atomic E-state index is 0.0257. The van der Waals surface area contributed by atoms with Gasteiger partial charge in [-0.1, -0.05) is 24.4 Å². The Morgan fingerprint density at radius 3 is 2.38 bits per heavy atom. The highest BCUT2D eigenvalue weighted by atomic mass is 35.5. The smallest absolute Gasteiger partial charge is 0.212 e. The molecule has 136 valence electrons. The third-order valence-corrected chi connectivity index (χ3v) is 7.44. The minimum atomic E-state index is -3.69. The Hall–Kier alpha value is -0.670. The first kappa shape index (κ1) is 19.7. The summed E-state index contributed by atoms with van der Waals surface area (Å²) >= 11 is 5.91. The summed E-state index contributed by atoms with van der Waals surface area (Å²) in [7, 11) is -7.06. The average Bonchev–Trinajstić information content (AvgIpc) is 2.98. The second kappa shape index (κ2) is 7.70. The highest BCUT2D eigenvalue weighted by Gasteiger charge is 2.29. The molecule has 0 unspecified atom stereocenters. The molecule has 1 aromatic carbocycles. The van der Waals surface area contributed by atoms with Gasteiger partial charge in [-0.2, -0.15) is 4.31 Å². The number of halogens is 1. The normalized spacial score (nSPS) is 16.8. The zero-order valence-corrected chi connectivity index (χ0v) is 16.2. The van der Waals surface area contributed by atoms with E-state index in [1.165, 1.54) is 28.8 Å². The van der Waals surface area contributed by atoms with Crippen LogP contribution in [0.15, 0.2) is 23.1 Å². The third kappa shape index (κ3) is 4.92. The minimum Gasteiger partial charge on any atom is -0.212 e. The van der Waals surface area contributed by atoms with Crippen molar-refractivity contribution >= 4 is 31.6 Å². The predicted octanol–water partition coefficient (Wildman–Crippen LogP) is 2.13. The molecule has 0 heterocycles. The monoisotopic (exact) mass is 394 g/mol. The van der Waals surface area contributed by atoms with Crippen LogP contribution < -0.4 is 4.72 Å². The molecule has 6 nitrogen and oxygen atoms in total. The lowest BCUT2D eigenvalue weighted by molar-refractivity contribution is 0.328. The number of nitrogens with zero attached hydrogens (tertiary/aromatic N) is 1. The molecule has 0 radical (unpaired) electrons. The largest absolute Gasteiger partial charge is 0.240 e. The van der Waals surface area contributed by atoms with Crippen LogP contribution in [0.1, 0.15) is 31.2 Å². The van der Waals surface area contributed by atoms with Crippen LogP contribution >= 0.6 is 11.6 Å². The molecule has 0 atom stereocenters. The van der Waals surface area contributed by atoms with Crippen molar-refractivity contribution in [2.24, 2.45) is 0 Å². The Bertz CT molecular complexity index is 788. The molecule has 24 heavy (non-hydrogen) atoms. The second-order valence-electron chi connectivity index (χ2n) is 6.12. The molecule has 2 rings (SSSR count). The summed E-state index contributed by atoms with van der Waals surface area (Å²) in [6.45, 7) is 1.90. The van der Waals surface area contributed by atoms with E-state index < -0.39 is 20.0 Å². The van der Waals surface area contributed by atoms with Gasteiger partial charge in [0.2, 0.25) is 20.0 Å². The van der Waals surface area contributed by atoms with Gasteiger partial charge < -0.3 is 0 Å². The number of aryl methyl sites for hydroxylation is 1. The molecule has 1 saturated carbocycles. The molecule has 1 fully saturated rings. The lowest BCUT2D eigenvalue weighted by Crippen LogP contribution is -2.43. The third-order valence-electron chi connectivity index (χ3n) is 4.22. The molecule has 0 amide bonds. The van der Waals surface area contributed by atoms with Crippen molar-refractivity contribution < 1.29 is 16.8 Å². The predicted molar refractivity (Wildman–Crippen MR) is 95.2 cm³/mol. The highest BCUT2D eigenvalue weighted by molar-refractivity contribution is 7.89. The summed E-state index contributed by atoms with van der Waals surface area (Å²) in [4.78, 5) is 0.121. The summed E-state index contributed by atoms with van der Waals surface area (Å²) in [6, 6.07) is 4.44. The van der Waals surface area contributed by atoms with E-state index in [4.69, 9.17) is 11.6 Å². The van der Waals surface area contributed by atoms with E-state index in [1.54, 1.807) is 6.92 Å². The van der Waals surface area contributed by atoms with E-state index in [9.17, 15) is 16.8 Å². The topological polar surface area (TPSA) is 83.6 Å². The average molecular weight is 395 g/mol. The van der Waals surface area contributed by atoms with Gasteiger partial charge in [0.25, 0.3) is 0 Å². The molecule has 0 saturated heterocycles. The van der Waals surface area contributed by atoms with Crippen molar-refractivity contribution in [2.75, 3.05) is 19.3 Å². The number of hydrogen-bond donors (Lipinski definition) is 1. The summed E-state index contributed by atoms with van der Waals surface area (Å²) in [5, 5.41) is 0.499. The Kier molecular flexibility index (Phi) is 6.30. The molecule has 0 spiro atoms. The van der Waals surface area contributed by atoms with E-state index in [1.807, 2.05) is 0 Å². The van der Waals surface area contributed by atoms with Gasteiger partial charge in [0.1, 0.15) is 0 Å². The molecule has 0 aliphatic heterocycles. The highest BCUT2D eigenvalue weighted by Crippen LogP contribution is 2.25. The first-order chi connectivity index (χ1) is 11.1.